The third-order valence-corrected chi connectivity index (χ3v) is 1.84. The van der Waals surface area contributed by atoms with Gasteiger partial charge in [-0.15, -0.1) is 0 Å². The first-order chi connectivity index (χ1) is 6.86. The molecule has 1 heterocycles. The van der Waals surface area contributed by atoms with E-state index in [1.807, 2.05) is 0 Å². The van der Waals surface area contributed by atoms with Crippen molar-refractivity contribution < 1.29 is 22.7 Å². The third kappa shape index (κ3) is 2.48. The fraction of sp³-hybridized carbons (Fsp3) is 0.500. The Bertz CT molecular complexity index is 359. The second-order valence-electron chi connectivity index (χ2n) is 2.88. The van der Waals surface area contributed by atoms with E-state index in [1.165, 1.54) is 6.92 Å². The Hall–Kier alpha value is -1.53. The van der Waals surface area contributed by atoms with E-state index in [9.17, 15) is 18.0 Å². The van der Waals surface area contributed by atoms with E-state index in [0.29, 0.717) is 0 Å². The maximum Gasteiger partial charge on any atom is 0.435 e. The smallest absolute Gasteiger partial charge is 0.435 e. The van der Waals surface area contributed by atoms with Crippen LogP contribution < -0.4 is 0 Å². The number of esters is 1. The van der Waals surface area contributed by atoms with Gasteiger partial charge >= 0.3 is 12.1 Å². The quantitative estimate of drug-likeness (QED) is 0.714. The van der Waals surface area contributed by atoms with Gasteiger partial charge in [0.05, 0.1) is 7.11 Å². The molecule has 0 radical (unpaired) electrons. The van der Waals surface area contributed by atoms with Crippen LogP contribution in [-0.4, -0.2) is 22.9 Å². The molecule has 0 bridgehead atoms. The van der Waals surface area contributed by atoms with Crippen LogP contribution >= 0.6 is 0 Å². The lowest BCUT2D eigenvalue weighted by Crippen LogP contribution is -2.19. The van der Waals surface area contributed by atoms with Gasteiger partial charge in [-0.25, -0.2) is 4.79 Å². The lowest BCUT2D eigenvalue weighted by molar-refractivity contribution is -0.146. The highest BCUT2D eigenvalue weighted by Crippen LogP contribution is 2.27. The zero-order chi connectivity index (χ0) is 11.6. The second kappa shape index (κ2) is 3.92. The van der Waals surface area contributed by atoms with Gasteiger partial charge in [0.25, 0.3) is 0 Å². The minimum absolute atomic E-state index is 0.646. The van der Waals surface area contributed by atoms with E-state index in [0.717, 1.165) is 24.1 Å². The van der Waals surface area contributed by atoms with Crippen LogP contribution in [0.1, 0.15) is 18.7 Å². The maximum absolute atomic E-state index is 12.2. The number of hydrogen-bond acceptors (Lipinski definition) is 3. The third-order valence-electron chi connectivity index (χ3n) is 1.84. The number of carbonyl (C=O) groups is 1. The van der Waals surface area contributed by atoms with Gasteiger partial charge in [0.2, 0.25) is 0 Å². The minimum Gasteiger partial charge on any atom is -0.467 e. The molecule has 4 nitrogen and oxygen atoms in total. The van der Waals surface area contributed by atoms with Crippen LogP contribution in [-0.2, 0) is 15.7 Å². The fourth-order valence-electron chi connectivity index (χ4n) is 0.983. The van der Waals surface area contributed by atoms with Gasteiger partial charge < -0.3 is 4.74 Å². The number of carbonyl (C=O) groups excluding carboxylic acids is 1. The molecule has 0 aliphatic rings. The van der Waals surface area contributed by atoms with Gasteiger partial charge in [-0.05, 0) is 13.0 Å². The van der Waals surface area contributed by atoms with Crippen LogP contribution in [0.15, 0.2) is 12.3 Å². The Morgan fingerprint density at radius 1 is 1.60 bits per heavy atom. The van der Waals surface area contributed by atoms with E-state index >= 15 is 0 Å². The predicted molar refractivity (Wildman–Crippen MR) is 44.0 cm³/mol. The molecular formula is C8H9F3N2O2. The molecule has 84 valence electrons. The molecule has 0 saturated carbocycles. The molecule has 0 aliphatic carbocycles. The molecule has 0 unspecified atom stereocenters. The van der Waals surface area contributed by atoms with Gasteiger partial charge in [0.1, 0.15) is 6.04 Å². The summed E-state index contributed by atoms with van der Waals surface area (Å²) in [6, 6.07) is -0.0644. The van der Waals surface area contributed by atoms with Crippen molar-refractivity contribution in [2.45, 2.75) is 19.1 Å². The number of methoxy groups -OCH3 is 1. The molecule has 0 spiro atoms. The number of hydrogen-bond donors (Lipinski definition) is 0. The van der Waals surface area contributed by atoms with E-state index in [2.05, 4.69) is 9.84 Å². The maximum atomic E-state index is 12.2. The zero-order valence-electron chi connectivity index (χ0n) is 8.08. The fourth-order valence-corrected chi connectivity index (χ4v) is 0.983. The van der Waals surface area contributed by atoms with E-state index < -0.39 is 23.9 Å². The Labute approximate surface area is 83.6 Å². The summed E-state index contributed by atoms with van der Waals surface area (Å²) in [5.41, 5.74) is -1.03. The van der Waals surface area contributed by atoms with Crippen molar-refractivity contribution in [1.29, 1.82) is 0 Å². The highest BCUT2D eigenvalue weighted by atomic mass is 19.4. The van der Waals surface area contributed by atoms with Crippen molar-refractivity contribution >= 4 is 5.97 Å². The van der Waals surface area contributed by atoms with Crippen LogP contribution in [0.3, 0.4) is 0 Å². The molecule has 0 N–H and O–H groups in total. The molecule has 1 aromatic rings. The molecule has 0 fully saturated rings. The predicted octanol–water partition coefficient (Wildman–Crippen LogP) is 1.64. The second-order valence-corrected chi connectivity index (χ2v) is 2.88. The molecular weight excluding hydrogens is 213 g/mol. The molecule has 0 aliphatic heterocycles. The van der Waals surface area contributed by atoms with Crippen LogP contribution in [0.4, 0.5) is 13.2 Å². The van der Waals surface area contributed by atoms with Crippen molar-refractivity contribution in [2.24, 2.45) is 0 Å². The molecule has 7 heteroatoms. The van der Waals surface area contributed by atoms with Crippen LogP contribution in [0.25, 0.3) is 0 Å². The Morgan fingerprint density at radius 2 is 2.20 bits per heavy atom. The van der Waals surface area contributed by atoms with Crippen LogP contribution in [0.5, 0.6) is 0 Å². The number of rotatable bonds is 2. The lowest BCUT2D eigenvalue weighted by atomic mass is 10.3. The topological polar surface area (TPSA) is 44.1 Å². The zero-order valence-corrected chi connectivity index (χ0v) is 8.08. The standard InChI is InChI=1S/C8H9F3N2O2/c1-5(7(14)15-2)13-4-3-6(12-13)8(9,10)11/h3-5H,1-2H3/t5-/m1/s1. The van der Waals surface area contributed by atoms with Gasteiger partial charge in [-0.1, -0.05) is 0 Å². The average molecular weight is 222 g/mol. The summed E-state index contributed by atoms with van der Waals surface area (Å²) in [4.78, 5) is 11.0. The lowest BCUT2D eigenvalue weighted by Gasteiger charge is -2.09. The number of ether oxygens (including phenoxy) is 1. The molecule has 1 rings (SSSR count). The van der Waals surface area contributed by atoms with Crippen molar-refractivity contribution in [3.63, 3.8) is 0 Å². The molecule has 0 aromatic carbocycles. The molecule has 0 saturated heterocycles. The van der Waals surface area contributed by atoms with Crippen LogP contribution in [0.2, 0.25) is 0 Å². The van der Waals surface area contributed by atoms with Crippen molar-refractivity contribution in [3.05, 3.63) is 18.0 Å². The Kier molecular flexibility index (Phi) is 3.01. The first-order valence-electron chi connectivity index (χ1n) is 4.06. The summed E-state index contributed by atoms with van der Waals surface area (Å²) in [5.74, 6) is -0.646. The Balaban J connectivity index is 2.89. The average Bonchev–Trinajstić information content (AvgIpc) is 2.63. The van der Waals surface area contributed by atoms with Crippen molar-refractivity contribution in [2.75, 3.05) is 7.11 Å². The summed E-state index contributed by atoms with van der Waals surface area (Å²) in [7, 11) is 1.16. The molecule has 1 atom stereocenters. The van der Waals surface area contributed by atoms with Crippen molar-refractivity contribution in [1.82, 2.24) is 9.78 Å². The molecule has 0 amide bonds. The van der Waals surface area contributed by atoms with Crippen molar-refractivity contribution in [3.8, 4) is 0 Å². The van der Waals surface area contributed by atoms with Gasteiger partial charge in [-0.3, -0.25) is 4.68 Å². The minimum atomic E-state index is -4.50. The van der Waals surface area contributed by atoms with Gasteiger partial charge in [0.15, 0.2) is 5.69 Å². The van der Waals surface area contributed by atoms with Crippen LogP contribution in [0, 0.1) is 0 Å². The number of aromatic nitrogens is 2. The monoisotopic (exact) mass is 222 g/mol. The number of nitrogens with zero attached hydrogens (tertiary/aromatic N) is 2. The summed E-state index contributed by atoms with van der Waals surface area (Å²) in [5, 5.41) is 3.24. The summed E-state index contributed by atoms with van der Waals surface area (Å²) < 4.78 is 41.8. The highest BCUT2D eigenvalue weighted by Gasteiger charge is 2.34. The van der Waals surface area contributed by atoms with E-state index in [-0.39, 0.29) is 0 Å². The molecule has 1 aromatic heterocycles. The summed E-state index contributed by atoms with van der Waals surface area (Å²) in [6.07, 6.45) is -3.41. The SMILES string of the molecule is COC(=O)[C@@H](C)n1ccc(C(F)(F)F)n1. The van der Waals surface area contributed by atoms with E-state index in [1.54, 1.807) is 0 Å². The number of halogens is 3. The largest absolute Gasteiger partial charge is 0.467 e. The number of alkyl halides is 3. The normalized spacial score (nSPS) is 13.7. The first kappa shape index (κ1) is 11.5. The summed E-state index contributed by atoms with van der Waals surface area (Å²) in [6.45, 7) is 1.40. The summed E-state index contributed by atoms with van der Waals surface area (Å²) >= 11 is 0. The van der Waals surface area contributed by atoms with Gasteiger partial charge in [-0.2, -0.15) is 18.3 Å². The van der Waals surface area contributed by atoms with E-state index in [4.69, 9.17) is 0 Å². The highest BCUT2D eigenvalue weighted by molar-refractivity contribution is 5.73. The molecule has 15 heavy (non-hydrogen) atoms. The first-order valence-corrected chi connectivity index (χ1v) is 4.06. The van der Waals surface area contributed by atoms with Gasteiger partial charge in [0, 0.05) is 6.20 Å². The Morgan fingerprint density at radius 3 is 2.60 bits per heavy atom.